The van der Waals surface area contributed by atoms with Crippen molar-refractivity contribution in [1.29, 1.82) is 0 Å². The first-order chi connectivity index (χ1) is 40.5. The predicted octanol–water partition coefficient (Wildman–Crippen LogP) is 8.85. The van der Waals surface area contributed by atoms with Crippen molar-refractivity contribution in [1.82, 2.24) is 39.0 Å². The Hall–Kier alpha value is -8.63. The highest BCUT2D eigenvalue weighted by atomic mass is 79.9. The van der Waals surface area contributed by atoms with Crippen LogP contribution in [0, 0.1) is 13.8 Å². The Morgan fingerprint density at radius 1 is 0.571 bits per heavy atom. The lowest BCUT2D eigenvalue weighted by Crippen LogP contribution is -2.44. The number of pyridine rings is 4. The molecule has 22 heteroatoms. The molecule has 0 saturated carbocycles. The van der Waals surface area contributed by atoms with Crippen LogP contribution in [0.1, 0.15) is 73.9 Å². The molecule has 3 aromatic carbocycles. The maximum absolute atomic E-state index is 13.7. The van der Waals surface area contributed by atoms with Crippen LogP contribution >= 0.6 is 31.9 Å². The lowest BCUT2D eigenvalue weighted by atomic mass is 9.90. The molecule has 1 aliphatic carbocycles. The molecule has 0 radical (unpaired) electrons. The summed E-state index contributed by atoms with van der Waals surface area (Å²) in [5.41, 5.74) is 6.44. The number of halogens is 2. The first kappa shape index (κ1) is 58.6. The molecule has 0 N–H and O–H groups in total. The molecule has 3 fully saturated rings. The van der Waals surface area contributed by atoms with E-state index in [-0.39, 0.29) is 65.3 Å². The summed E-state index contributed by atoms with van der Waals surface area (Å²) in [6.07, 6.45) is 8.17. The number of aromatic nitrogens is 5. The lowest BCUT2D eigenvalue weighted by Gasteiger charge is -2.32. The number of amides is 3. The topological polar surface area (TPSA) is 220 Å². The molecule has 20 nitrogen and oxygen atoms in total. The summed E-state index contributed by atoms with van der Waals surface area (Å²) in [6.45, 7) is 8.17. The molecule has 434 valence electrons. The average molecular weight is 1270 g/mol. The normalized spacial score (nSPS) is 14.1. The third kappa shape index (κ3) is 11.6. The Morgan fingerprint density at radius 2 is 1.04 bits per heavy atom. The molecule has 3 amide bonds. The van der Waals surface area contributed by atoms with Gasteiger partial charge in [-0.1, -0.05) is 5.16 Å². The van der Waals surface area contributed by atoms with Crippen LogP contribution < -0.4 is 34.8 Å². The summed E-state index contributed by atoms with van der Waals surface area (Å²) in [5, 5.41) is 5.56. The monoisotopic (exact) mass is 1270 g/mol. The molecule has 0 bridgehead atoms. The minimum absolute atomic E-state index is 0.112. The van der Waals surface area contributed by atoms with Crippen molar-refractivity contribution in [2.24, 2.45) is 0 Å². The molecule has 0 spiro atoms. The van der Waals surface area contributed by atoms with Crippen LogP contribution in [0.25, 0.3) is 39.0 Å². The Morgan fingerprint density at radius 3 is 1.50 bits per heavy atom. The zero-order chi connectivity index (χ0) is 59.5. The molecule has 0 atom stereocenters. The number of rotatable bonds is 13. The summed E-state index contributed by atoms with van der Waals surface area (Å²) in [7, 11) is 7.86. The first-order valence-electron chi connectivity index (χ1n) is 27.1. The molecular weight excluding hydrogens is 1210 g/mol. The summed E-state index contributed by atoms with van der Waals surface area (Å²) in [4.78, 5) is 91.3. The van der Waals surface area contributed by atoms with E-state index in [0.717, 1.165) is 80.0 Å². The number of ether oxygens (including phenoxy) is 5. The Labute approximate surface area is 499 Å². The van der Waals surface area contributed by atoms with Crippen molar-refractivity contribution in [3.63, 3.8) is 0 Å². The molecule has 8 aromatic rings. The maximum atomic E-state index is 13.7. The number of nitrogens with zero attached hydrogens (tertiary/aromatic N) is 8. The van der Waals surface area contributed by atoms with E-state index in [1.54, 1.807) is 120 Å². The standard InChI is InChI=1S/C26H26N4O5.C21H20BrN3O4.C15H14BrNO3/c1-15-24(16(2)35-28-15)18-11-17-12-19(25(31)29-9-6-10-29)26(32)30(21(17)13-23(18)34-4)14-20-22(33-3)7-5-8-27-20;1-28-18-5-3-6-23-16(18)12-25-17-11-19(29-2)15(22)10-13(17)9-14(21(25)27)20(26)24-7-4-8-24;1-20-14-8-10-7-13(18)11(5-9(10)6-12(14)16)15(19)17-3-2-4-17/h5,7-8,11-13H,6,9-10,14H2,1-4H3;3,5-6,9-11H,4,7-8,12H2,1-2H3;5-6,8H,2-4,7H2,1H3. The zero-order valence-corrected chi connectivity index (χ0v) is 50.6. The van der Waals surface area contributed by atoms with Gasteiger partial charge < -0.3 is 52.0 Å². The number of hydrogen-bond acceptors (Lipinski definition) is 15. The second-order valence-corrected chi connectivity index (χ2v) is 22.0. The fraction of sp³-hybridized carbons (Fsp3) is 0.306. The summed E-state index contributed by atoms with van der Waals surface area (Å²) in [5.74, 6) is 2.90. The van der Waals surface area contributed by atoms with Crippen LogP contribution in [0.4, 0.5) is 0 Å². The quantitative estimate of drug-likeness (QED) is 0.0984. The molecule has 3 aliphatic heterocycles. The molecule has 84 heavy (non-hydrogen) atoms. The number of hydrogen-bond donors (Lipinski definition) is 0. The van der Waals surface area contributed by atoms with Gasteiger partial charge in [0.25, 0.3) is 28.8 Å². The van der Waals surface area contributed by atoms with Crippen LogP contribution in [0.2, 0.25) is 0 Å². The van der Waals surface area contributed by atoms with Gasteiger partial charge in [-0.2, -0.15) is 0 Å². The van der Waals surface area contributed by atoms with Gasteiger partial charge >= 0.3 is 0 Å². The Bertz CT molecular complexity index is 4070. The minimum atomic E-state index is -0.380. The van der Waals surface area contributed by atoms with E-state index >= 15 is 0 Å². The third-order valence-electron chi connectivity index (χ3n) is 15.3. The highest BCUT2D eigenvalue weighted by Crippen LogP contribution is 2.39. The van der Waals surface area contributed by atoms with Gasteiger partial charge in [0.15, 0.2) is 5.78 Å². The number of benzene rings is 3. The van der Waals surface area contributed by atoms with Gasteiger partial charge in [-0.15, -0.1) is 0 Å². The number of fused-ring (bicyclic) bond motifs is 3. The number of carbonyl (C=O) groups excluding carboxylic acids is 4. The molecular formula is C62H60Br2N8O12. The minimum Gasteiger partial charge on any atom is -0.496 e. The van der Waals surface area contributed by atoms with Gasteiger partial charge in [0, 0.05) is 86.6 Å². The second-order valence-electron chi connectivity index (χ2n) is 20.3. The number of aryl methyl sites for hydroxylation is 2. The highest BCUT2D eigenvalue weighted by molar-refractivity contribution is 9.11. The largest absolute Gasteiger partial charge is 0.496 e. The zero-order valence-electron chi connectivity index (χ0n) is 47.4. The number of ketones is 1. The van der Waals surface area contributed by atoms with Crippen molar-refractivity contribution in [2.45, 2.75) is 52.6 Å². The number of likely N-dealkylation sites (tertiary alicyclic amines) is 3. The highest BCUT2D eigenvalue weighted by Gasteiger charge is 2.32. The summed E-state index contributed by atoms with van der Waals surface area (Å²) < 4.78 is 37.3. The Balaban J connectivity index is 0.000000146. The lowest BCUT2D eigenvalue weighted by molar-refractivity contribution is -0.132. The van der Waals surface area contributed by atoms with Crippen molar-refractivity contribution >= 4 is 83.2 Å². The summed E-state index contributed by atoms with van der Waals surface area (Å²) in [6, 6.07) is 21.6. The maximum Gasteiger partial charge on any atom is 0.264 e. The van der Waals surface area contributed by atoms with Crippen molar-refractivity contribution in [3.05, 3.63) is 166 Å². The van der Waals surface area contributed by atoms with E-state index in [1.807, 2.05) is 44.2 Å². The van der Waals surface area contributed by atoms with E-state index in [0.29, 0.717) is 88.7 Å². The van der Waals surface area contributed by atoms with Crippen LogP contribution in [0.15, 0.2) is 114 Å². The van der Waals surface area contributed by atoms with Gasteiger partial charge in [0.2, 0.25) is 0 Å². The average Bonchev–Trinajstić information content (AvgIpc) is 1.29. The SMILES string of the molecule is COc1cc2c(cc1-c1c(C)noc1C)cc(C(=O)N1CCC1)c(=O)n2Cc1ncccc1OC.COc1cc2c(cc1Br)C=C(C(=O)N1CCC1)C(=O)C2.COc1cc2c(cc1Br)cc(C(=O)N1CCC1)c(=O)n2Cc1ncccc1OC. The van der Waals surface area contributed by atoms with Gasteiger partial charge in [0.05, 0.1) is 85.4 Å². The first-order valence-corrected chi connectivity index (χ1v) is 28.7. The van der Waals surface area contributed by atoms with Crippen molar-refractivity contribution in [2.75, 3.05) is 74.8 Å². The number of methoxy groups -OCH3 is 5. The van der Waals surface area contributed by atoms with Crippen LogP contribution in [-0.2, 0) is 29.1 Å². The van der Waals surface area contributed by atoms with Gasteiger partial charge in [-0.25, -0.2) is 0 Å². The summed E-state index contributed by atoms with van der Waals surface area (Å²) >= 11 is 6.91. The molecule has 0 unspecified atom stereocenters. The van der Waals surface area contributed by atoms with Gasteiger partial charge in [-0.05, 0) is 143 Å². The fourth-order valence-corrected chi connectivity index (χ4v) is 11.4. The van der Waals surface area contributed by atoms with Crippen LogP contribution in [-0.4, -0.2) is 137 Å². The third-order valence-corrected chi connectivity index (χ3v) is 16.6. The fourth-order valence-electron chi connectivity index (χ4n) is 10.4. The predicted molar refractivity (Wildman–Crippen MR) is 322 cm³/mol. The smallest absolute Gasteiger partial charge is 0.264 e. The van der Waals surface area contributed by atoms with E-state index in [1.165, 1.54) is 0 Å². The molecule has 4 aliphatic rings. The van der Waals surface area contributed by atoms with Crippen LogP contribution in [0.5, 0.6) is 28.7 Å². The Kier molecular flexibility index (Phi) is 17.5. The van der Waals surface area contributed by atoms with Crippen molar-refractivity contribution in [3.8, 4) is 39.9 Å². The van der Waals surface area contributed by atoms with Crippen molar-refractivity contribution < 1.29 is 47.4 Å². The van der Waals surface area contributed by atoms with Gasteiger partial charge in [-0.3, -0.25) is 38.7 Å². The van der Waals surface area contributed by atoms with Gasteiger partial charge in [0.1, 0.15) is 57.0 Å². The molecule has 12 rings (SSSR count). The van der Waals surface area contributed by atoms with E-state index in [9.17, 15) is 28.8 Å². The van der Waals surface area contributed by atoms with E-state index < -0.39 is 0 Å². The number of Topliss-reactive ketones (excluding diaryl/α,β-unsaturated/α-hetero) is 1. The van der Waals surface area contributed by atoms with Crippen LogP contribution in [0.3, 0.4) is 0 Å². The van der Waals surface area contributed by atoms with E-state index in [4.69, 9.17) is 28.2 Å². The molecule has 8 heterocycles. The second kappa shape index (κ2) is 25.1. The number of carbonyl (C=O) groups is 4. The van der Waals surface area contributed by atoms with E-state index in [2.05, 4.69) is 47.0 Å². The molecule has 3 saturated heterocycles. The molecule has 5 aromatic heterocycles.